The van der Waals surface area contributed by atoms with Crippen LogP contribution in [-0.4, -0.2) is 26.9 Å². The van der Waals surface area contributed by atoms with Gasteiger partial charge in [0.05, 0.1) is 19.4 Å². The molecule has 0 fully saturated rings. The molecule has 3 heteroatoms. The quantitative estimate of drug-likeness (QED) is 0.808. The highest BCUT2D eigenvalue weighted by atomic mass is 16.5. The standard InChI is InChI=1S/C12H19NO2/c1-9-5-6-12(15-4)11(7-9)13-10(2)8-14-3/h5-7,10,13H,8H2,1-4H3. The Bertz CT molecular complexity index is 312. The van der Waals surface area contributed by atoms with Gasteiger partial charge in [-0.1, -0.05) is 6.07 Å². The molecule has 1 rings (SSSR count). The van der Waals surface area contributed by atoms with Gasteiger partial charge in [0.15, 0.2) is 0 Å². The van der Waals surface area contributed by atoms with Gasteiger partial charge in [0.2, 0.25) is 0 Å². The first-order valence-electron chi connectivity index (χ1n) is 5.07. The topological polar surface area (TPSA) is 30.5 Å². The number of anilines is 1. The van der Waals surface area contributed by atoms with Gasteiger partial charge in [-0.25, -0.2) is 0 Å². The number of rotatable bonds is 5. The normalized spacial score (nSPS) is 12.3. The second kappa shape index (κ2) is 5.61. The summed E-state index contributed by atoms with van der Waals surface area (Å²) in [6.45, 7) is 4.81. The lowest BCUT2D eigenvalue weighted by atomic mass is 10.2. The molecule has 0 aliphatic carbocycles. The highest BCUT2D eigenvalue weighted by Crippen LogP contribution is 2.25. The molecule has 0 saturated carbocycles. The van der Waals surface area contributed by atoms with Gasteiger partial charge in [0.25, 0.3) is 0 Å². The number of hydrogen-bond donors (Lipinski definition) is 1. The predicted octanol–water partition coefficient (Wildman–Crippen LogP) is 2.45. The van der Waals surface area contributed by atoms with Crippen molar-refractivity contribution in [2.75, 3.05) is 26.1 Å². The van der Waals surface area contributed by atoms with Gasteiger partial charge in [0.1, 0.15) is 5.75 Å². The summed E-state index contributed by atoms with van der Waals surface area (Å²) in [7, 11) is 3.38. The maximum atomic E-state index is 5.28. The highest BCUT2D eigenvalue weighted by Gasteiger charge is 2.06. The largest absolute Gasteiger partial charge is 0.495 e. The van der Waals surface area contributed by atoms with Crippen molar-refractivity contribution in [1.29, 1.82) is 0 Å². The summed E-state index contributed by atoms with van der Waals surface area (Å²) < 4.78 is 10.4. The third-order valence-corrected chi connectivity index (χ3v) is 2.17. The Hall–Kier alpha value is -1.22. The van der Waals surface area contributed by atoms with Crippen LogP contribution in [0.15, 0.2) is 18.2 Å². The van der Waals surface area contributed by atoms with Crippen LogP contribution >= 0.6 is 0 Å². The van der Waals surface area contributed by atoms with Gasteiger partial charge in [-0.15, -0.1) is 0 Å². The zero-order valence-electron chi connectivity index (χ0n) is 9.83. The van der Waals surface area contributed by atoms with E-state index in [1.807, 2.05) is 12.1 Å². The average molecular weight is 209 g/mol. The molecule has 1 aromatic carbocycles. The Morgan fingerprint density at radius 2 is 2.07 bits per heavy atom. The van der Waals surface area contributed by atoms with Crippen LogP contribution in [0.25, 0.3) is 0 Å². The zero-order chi connectivity index (χ0) is 11.3. The second-order valence-electron chi connectivity index (χ2n) is 3.70. The number of methoxy groups -OCH3 is 2. The summed E-state index contributed by atoms with van der Waals surface area (Å²) in [4.78, 5) is 0. The molecule has 0 heterocycles. The van der Waals surface area contributed by atoms with E-state index in [-0.39, 0.29) is 6.04 Å². The SMILES string of the molecule is COCC(C)Nc1cc(C)ccc1OC. The van der Waals surface area contributed by atoms with Crippen molar-refractivity contribution >= 4 is 5.69 Å². The molecule has 1 N–H and O–H groups in total. The minimum Gasteiger partial charge on any atom is -0.495 e. The molecule has 0 aromatic heterocycles. The molecule has 1 unspecified atom stereocenters. The van der Waals surface area contributed by atoms with Gasteiger partial charge < -0.3 is 14.8 Å². The van der Waals surface area contributed by atoms with Crippen LogP contribution in [0.3, 0.4) is 0 Å². The molecule has 0 amide bonds. The molecule has 3 nitrogen and oxygen atoms in total. The van der Waals surface area contributed by atoms with E-state index < -0.39 is 0 Å². The van der Waals surface area contributed by atoms with Gasteiger partial charge in [-0.05, 0) is 31.5 Å². The van der Waals surface area contributed by atoms with Crippen LogP contribution < -0.4 is 10.1 Å². The number of aryl methyl sites for hydroxylation is 1. The predicted molar refractivity (Wildman–Crippen MR) is 62.7 cm³/mol. The number of benzene rings is 1. The Kier molecular flexibility index (Phi) is 4.43. The Balaban J connectivity index is 2.77. The Morgan fingerprint density at radius 3 is 2.67 bits per heavy atom. The first-order valence-corrected chi connectivity index (χ1v) is 5.07. The number of ether oxygens (including phenoxy) is 2. The first-order chi connectivity index (χ1) is 7.17. The molecular formula is C12H19NO2. The van der Waals surface area contributed by atoms with Gasteiger partial charge in [-0.3, -0.25) is 0 Å². The second-order valence-corrected chi connectivity index (χ2v) is 3.70. The molecule has 84 valence electrons. The fraction of sp³-hybridized carbons (Fsp3) is 0.500. The zero-order valence-corrected chi connectivity index (χ0v) is 9.83. The number of nitrogens with one attached hydrogen (secondary N) is 1. The monoisotopic (exact) mass is 209 g/mol. The van der Waals surface area contributed by atoms with Crippen LogP contribution in [0, 0.1) is 6.92 Å². The van der Waals surface area contributed by atoms with E-state index in [0.717, 1.165) is 11.4 Å². The fourth-order valence-corrected chi connectivity index (χ4v) is 1.49. The number of hydrogen-bond acceptors (Lipinski definition) is 3. The molecule has 1 atom stereocenters. The highest BCUT2D eigenvalue weighted by molar-refractivity contribution is 5.58. The van der Waals surface area contributed by atoms with E-state index in [9.17, 15) is 0 Å². The van der Waals surface area contributed by atoms with Gasteiger partial charge in [0, 0.05) is 13.2 Å². The van der Waals surface area contributed by atoms with Crippen LogP contribution in [-0.2, 0) is 4.74 Å². The van der Waals surface area contributed by atoms with Gasteiger partial charge >= 0.3 is 0 Å². The summed E-state index contributed by atoms with van der Waals surface area (Å²) in [5.41, 5.74) is 2.23. The third-order valence-electron chi connectivity index (χ3n) is 2.17. The van der Waals surface area contributed by atoms with Crippen molar-refractivity contribution in [3.8, 4) is 5.75 Å². The van der Waals surface area contributed by atoms with Crippen LogP contribution in [0.4, 0.5) is 5.69 Å². The van der Waals surface area contributed by atoms with E-state index in [2.05, 4.69) is 25.2 Å². The average Bonchev–Trinajstić information content (AvgIpc) is 2.18. The van der Waals surface area contributed by atoms with Crippen LogP contribution in [0.5, 0.6) is 5.75 Å². The summed E-state index contributed by atoms with van der Waals surface area (Å²) in [6.07, 6.45) is 0. The van der Waals surface area contributed by atoms with Crippen molar-refractivity contribution in [2.45, 2.75) is 19.9 Å². The smallest absolute Gasteiger partial charge is 0.141 e. The lowest BCUT2D eigenvalue weighted by Crippen LogP contribution is -2.21. The van der Waals surface area contributed by atoms with E-state index in [4.69, 9.17) is 9.47 Å². The Morgan fingerprint density at radius 1 is 1.33 bits per heavy atom. The van der Waals surface area contributed by atoms with Crippen LogP contribution in [0.1, 0.15) is 12.5 Å². The van der Waals surface area contributed by atoms with Gasteiger partial charge in [-0.2, -0.15) is 0 Å². The lowest BCUT2D eigenvalue weighted by molar-refractivity contribution is 0.190. The summed E-state index contributed by atoms with van der Waals surface area (Å²) >= 11 is 0. The molecule has 15 heavy (non-hydrogen) atoms. The molecule has 0 radical (unpaired) electrons. The molecule has 0 spiro atoms. The fourth-order valence-electron chi connectivity index (χ4n) is 1.49. The maximum absolute atomic E-state index is 5.28. The van der Waals surface area contributed by atoms with Crippen molar-refractivity contribution < 1.29 is 9.47 Å². The third kappa shape index (κ3) is 3.44. The minimum absolute atomic E-state index is 0.269. The van der Waals surface area contributed by atoms with Crippen LogP contribution in [0.2, 0.25) is 0 Å². The van der Waals surface area contributed by atoms with Crippen molar-refractivity contribution in [1.82, 2.24) is 0 Å². The van der Waals surface area contributed by atoms with Crippen molar-refractivity contribution in [2.24, 2.45) is 0 Å². The van der Waals surface area contributed by atoms with Crippen molar-refractivity contribution in [3.05, 3.63) is 23.8 Å². The molecular weight excluding hydrogens is 190 g/mol. The summed E-state index contributed by atoms with van der Waals surface area (Å²) in [5.74, 6) is 0.864. The lowest BCUT2D eigenvalue weighted by Gasteiger charge is -2.17. The molecule has 1 aromatic rings. The molecule has 0 aliphatic rings. The van der Waals surface area contributed by atoms with Crippen molar-refractivity contribution in [3.63, 3.8) is 0 Å². The summed E-state index contributed by atoms with van der Waals surface area (Å²) in [6, 6.07) is 6.35. The van der Waals surface area contributed by atoms with E-state index in [1.165, 1.54) is 5.56 Å². The Labute approximate surface area is 91.4 Å². The minimum atomic E-state index is 0.269. The molecule has 0 aliphatic heterocycles. The van der Waals surface area contributed by atoms with E-state index in [0.29, 0.717) is 6.61 Å². The summed E-state index contributed by atoms with van der Waals surface area (Å²) in [5, 5.41) is 3.35. The molecule has 0 saturated heterocycles. The maximum Gasteiger partial charge on any atom is 0.141 e. The first kappa shape index (κ1) is 11.9. The molecule has 0 bridgehead atoms. The van der Waals surface area contributed by atoms with E-state index in [1.54, 1.807) is 14.2 Å². The van der Waals surface area contributed by atoms with E-state index >= 15 is 0 Å².